The second-order valence-corrected chi connectivity index (χ2v) is 5.57. The van der Waals surface area contributed by atoms with Gasteiger partial charge in [-0.05, 0) is 42.3 Å². The quantitative estimate of drug-likeness (QED) is 0.721. The van der Waals surface area contributed by atoms with Crippen LogP contribution in [0.3, 0.4) is 0 Å². The van der Waals surface area contributed by atoms with Gasteiger partial charge in [-0.1, -0.05) is 34.1 Å². The molecule has 0 heterocycles. The maximum Gasteiger partial charge on any atom is 0.303 e. The zero-order chi connectivity index (χ0) is 15.8. The van der Waals surface area contributed by atoms with Gasteiger partial charge in [-0.2, -0.15) is 0 Å². The predicted molar refractivity (Wildman–Crippen MR) is 87.5 cm³/mol. The van der Waals surface area contributed by atoms with Crippen LogP contribution < -0.4 is 9.47 Å². The molecule has 0 amide bonds. The van der Waals surface area contributed by atoms with Crippen LogP contribution in [0.4, 0.5) is 0 Å². The van der Waals surface area contributed by atoms with Gasteiger partial charge in [0.1, 0.15) is 24.7 Å². The molecule has 22 heavy (non-hydrogen) atoms. The second kappa shape index (κ2) is 8.44. The Balaban J connectivity index is 1.87. The first-order valence-electron chi connectivity index (χ1n) is 6.96. The molecule has 0 aliphatic heterocycles. The number of aliphatic carboxylic acids is 1. The van der Waals surface area contributed by atoms with Gasteiger partial charge in [-0.3, -0.25) is 4.79 Å². The van der Waals surface area contributed by atoms with Gasteiger partial charge in [-0.15, -0.1) is 0 Å². The van der Waals surface area contributed by atoms with E-state index >= 15 is 0 Å². The van der Waals surface area contributed by atoms with Crippen molar-refractivity contribution in [2.24, 2.45) is 0 Å². The number of hydrogen-bond donors (Lipinski definition) is 1. The summed E-state index contributed by atoms with van der Waals surface area (Å²) < 4.78 is 12.2. The highest BCUT2D eigenvalue weighted by atomic mass is 79.9. The highest BCUT2D eigenvalue weighted by Gasteiger charge is 2.07. The number of carboxylic acid groups (broad SMARTS) is 1. The van der Waals surface area contributed by atoms with E-state index in [-0.39, 0.29) is 6.42 Å². The van der Waals surface area contributed by atoms with E-state index in [0.29, 0.717) is 25.4 Å². The molecule has 0 spiro atoms. The molecule has 1 N–H and O–H groups in total. The molecule has 0 saturated carbocycles. The van der Waals surface area contributed by atoms with Crippen LogP contribution in [-0.2, 0) is 11.2 Å². The Kier molecular flexibility index (Phi) is 6.27. The van der Waals surface area contributed by atoms with Crippen LogP contribution in [0.1, 0.15) is 12.0 Å². The van der Waals surface area contributed by atoms with Gasteiger partial charge >= 0.3 is 5.97 Å². The Morgan fingerprint density at radius 1 is 1.05 bits per heavy atom. The number of ether oxygens (including phenoxy) is 2. The van der Waals surface area contributed by atoms with Gasteiger partial charge < -0.3 is 14.6 Å². The number of halogens is 1. The van der Waals surface area contributed by atoms with Crippen LogP contribution in [0.5, 0.6) is 11.5 Å². The monoisotopic (exact) mass is 364 g/mol. The molecule has 0 fully saturated rings. The van der Waals surface area contributed by atoms with Crippen LogP contribution in [-0.4, -0.2) is 24.3 Å². The number of para-hydroxylation sites is 1. The first-order valence-corrected chi connectivity index (χ1v) is 7.75. The standard InChI is InChI=1S/C17H17BrO4/c18-14-7-8-16(13(12-14)6-9-17(19)20)22-11-10-21-15-4-2-1-3-5-15/h1-5,7-8,12H,6,9-11H2,(H,19,20). The second-order valence-electron chi connectivity index (χ2n) is 4.66. The van der Waals surface area contributed by atoms with E-state index < -0.39 is 5.97 Å². The number of aryl methyl sites for hydroxylation is 1. The molecule has 0 saturated heterocycles. The number of carboxylic acids is 1. The van der Waals surface area contributed by atoms with Gasteiger partial charge in [0.25, 0.3) is 0 Å². The lowest BCUT2D eigenvalue weighted by atomic mass is 10.1. The molecule has 0 aliphatic rings. The fraction of sp³-hybridized carbons (Fsp3) is 0.235. The predicted octanol–water partition coefficient (Wildman–Crippen LogP) is 3.92. The third-order valence-electron chi connectivity index (χ3n) is 2.98. The molecule has 0 unspecified atom stereocenters. The van der Waals surface area contributed by atoms with Crippen LogP contribution in [0.2, 0.25) is 0 Å². The molecule has 2 aromatic carbocycles. The van der Waals surface area contributed by atoms with Crippen molar-refractivity contribution < 1.29 is 19.4 Å². The number of carbonyl (C=O) groups is 1. The molecule has 2 rings (SSSR count). The third-order valence-corrected chi connectivity index (χ3v) is 3.48. The SMILES string of the molecule is O=C(O)CCc1cc(Br)ccc1OCCOc1ccccc1. The van der Waals surface area contributed by atoms with Crippen molar-refractivity contribution >= 4 is 21.9 Å². The van der Waals surface area contributed by atoms with Gasteiger partial charge in [0.05, 0.1) is 0 Å². The molecule has 0 radical (unpaired) electrons. The molecular weight excluding hydrogens is 348 g/mol. The maximum atomic E-state index is 10.7. The Bertz CT molecular complexity index is 613. The number of hydrogen-bond acceptors (Lipinski definition) is 3. The summed E-state index contributed by atoms with van der Waals surface area (Å²) in [6.07, 6.45) is 0.511. The van der Waals surface area contributed by atoms with Crippen molar-refractivity contribution in [1.82, 2.24) is 0 Å². The van der Waals surface area contributed by atoms with Crippen LogP contribution >= 0.6 is 15.9 Å². The average Bonchev–Trinajstić information content (AvgIpc) is 2.52. The van der Waals surface area contributed by atoms with Crippen molar-refractivity contribution in [1.29, 1.82) is 0 Å². The van der Waals surface area contributed by atoms with Crippen molar-refractivity contribution in [3.05, 3.63) is 58.6 Å². The average molecular weight is 365 g/mol. The highest BCUT2D eigenvalue weighted by molar-refractivity contribution is 9.10. The lowest BCUT2D eigenvalue weighted by molar-refractivity contribution is -0.136. The first-order chi connectivity index (χ1) is 10.6. The maximum absolute atomic E-state index is 10.7. The third kappa shape index (κ3) is 5.41. The number of benzene rings is 2. The lowest BCUT2D eigenvalue weighted by Crippen LogP contribution is -2.10. The summed E-state index contributed by atoms with van der Waals surface area (Å²) in [5.74, 6) is 0.674. The Hall–Kier alpha value is -2.01. The molecule has 2 aromatic rings. The summed E-state index contributed by atoms with van der Waals surface area (Å²) in [5.41, 5.74) is 0.872. The lowest BCUT2D eigenvalue weighted by Gasteiger charge is -2.12. The first kappa shape index (κ1) is 16.4. The summed E-state index contributed by atoms with van der Waals surface area (Å²) in [5, 5.41) is 8.80. The number of rotatable bonds is 8. The molecule has 0 aromatic heterocycles. The van der Waals surface area contributed by atoms with Crippen LogP contribution in [0.25, 0.3) is 0 Å². The van der Waals surface area contributed by atoms with Crippen LogP contribution in [0.15, 0.2) is 53.0 Å². The molecule has 5 heteroatoms. The van der Waals surface area contributed by atoms with Crippen molar-refractivity contribution in [3.63, 3.8) is 0 Å². The van der Waals surface area contributed by atoms with E-state index in [1.165, 1.54) is 0 Å². The molecule has 4 nitrogen and oxygen atoms in total. The molecular formula is C17H17BrO4. The summed E-state index contributed by atoms with van der Waals surface area (Å²) in [6.45, 7) is 0.828. The molecule has 0 aliphatic carbocycles. The minimum atomic E-state index is -0.821. The Morgan fingerprint density at radius 3 is 2.50 bits per heavy atom. The molecule has 0 bridgehead atoms. The smallest absolute Gasteiger partial charge is 0.303 e. The van der Waals surface area contributed by atoms with Crippen molar-refractivity contribution in [2.75, 3.05) is 13.2 Å². The topological polar surface area (TPSA) is 55.8 Å². The fourth-order valence-electron chi connectivity index (χ4n) is 1.95. The van der Waals surface area contributed by atoms with Gasteiger partial charge in [0.2, 0.25) is 0 Å². The minimum Gasteiger partial charge on any atom is -0.490 e. The van der Waals surface area contributed by atoms with Gasteiger partial charge in [0, 0.05) is 10.9 Å². The minimum absolute atomic E-state index is 0.0767. The molecule has 116 valence electrons. The summed E-state index contributed by atoms with van der Waals surface area (Å²) in [6, 6.07) is 15.1. The largest absolute Gasteiger partial charge is 0.490 e. The summed E-state index contributed by atoms with van der Waals surface area (Å²) in [4.78, 5) is 10.7. The summed E-state index contributed by atoms with van der Waals surface area (Å²) >= 11 is 3.39. The van der Waals surface area contributed by atoms with E-state index in [0.717, 1.165) is 15.8 Å². The van der Waals surface area contributed by atoms with Gasteiger partial charge in [0.15, 0.2) is 0 Å². The Labute approximate surface area is 137 Å². The normalized spacial score (nSPS) is 10.2. The van der Waals surface area contributed by atoms with Crippen LogP contribution in [0, 0.1) is 0 Å². The summed E-state index contributed by atoms with van der Waals surface area (Å²) in [7, 11) is 0. The molecule has 0 atom stereocenters. The van der Waals surface area contributed by atoms with E-state index in [9.17, 15) is 4.79 Å². The highest BCUT2D eigenvalue weighted by Crippen LogP contribution is 2.24. The van der Waals surface area contributed by atoms with E-state index in [1.807, 2.05) is 48.5 Å². The van der Waals surface area contributed by atoms with Crippen molar-refractivity contribution in [2.45, 2.75) is 12.8 Å². The van der Waals surface area contributed by atoms with Crippen molar-refractivity contribution in [3.8, 4) is 11.5 Å². The van der Waals surface area contributed by atoms with E-state index in [2.05, 4.69) is 15.9 Å². The fourth-order valence-corrected chi connectivity index (χ4v) is 2.36. The van der Waals surface area contributed by atoms with Gasteiger partial charge in [-0.25, -0.2) is 0 Å². The zero-order valence-corrected chi connectivity index (χ0v) is 13.6. The zero-order valence-electron chi connectivity index (χ0n) is 12.0. The Morgan fingerprint density at radius 2 is 1.77 bits per heavy atom. The van der Waals surface area contributed by atoms with E-state index in [4.69, 9.17) is 14.6 Å². The van der Waals surface area contributed by atoms with E-state index in [1.54, 1.807) is 0 Å².